The van der Waals surface area contributed by atoms with Gasteiger partial charge in [0.15, 0.2) is 5.78 Å². The van der Waals surface area contributed by atoms with Crippen LogP contribution in [0, 0.1) is 27.7 Å². The third-order valence-electron chi connectivity index (χ3n) is 9.91. The smallest absolute Gasteiger partial charge is 0.274 e. The van der Waals surface area contributed by atoms with E-state index in [0.29, 0.717) is 36.7 Å². The molecule has 2 fully saturated rings. The topological polar surface area (TPSA) is 119 Å². The third kappa shape index (κ3) is 7.55. The number of aliphatic hydroxyl groups excluding tert-OH is 2. The van der Waals surface area contributed by atoms with Crippen molar-refractivity contribution in [1.29, 1.82) is 0 Å². The van der Waals surface area contributed by atoms with Crippen molar-refractivity contribution in [3.8, 4) is 11.1 Å². The van der Waals surface area contributed by atoms with E-state index in [1.54, 1.807) is 12.4 Å². The molecule has 0 bridgehead atoms. The first-order valence-corrected chi connectivity index (χ1v) is 16.8. The number of nitrogens with one attached hydrogen (secondary N) is 1. The number of hydrogen-bond donors (Lipinski definition) is 3. The molecule has 4 aromatic rings. The second-order valence-corrected chi connectivity index (χ2v) is 13.5. The monoisotopic (exact) mass is 647 g/mol. The van der Waals surface area contributed by atoms with Gasteiger partial charge in [0.2, 0.25) is 0 Å². The molecular weight excluding hydrogens is 602 g/mol. The summed E-state index contributed by atoms with van der Waals surface area (Å²) in [6, 6.07) is 15.6. The number of amides is 1. The van der Waals surface area contributed by atoms with E-state index in [2.05, 4.69) is 25.1 Å². The van der Waals surface area contributed by atoms with Crippen molar-refractivity contribution in [2.24, 2.45) is 0 Å². The Labute approximate surface area is 282 Å². The van der Waals surface area contributed by atoms with Crippen molar-refractivity contribution in [3.05, 3.63) is 111 Å². The summed E-state index contributed by atoms with van der Waals surface area (Å²) in [5.41, 5.74) is 10.5. The number of Topliss-reactive ketones (excluding diaryl/α,β-unsaturated/α-hetero) is 1. The maximum Gasteiger partial charge on any atom is 0.274 e. The van der Waals surface area contributed by atoms with Gasteiger partial charge in [-0.2, -0.15) is 0 Å². The summed E-state index contributed by atoms with van der Waals surface area (Å²) < 4.78 is 0. The highest BCUT2D eigenvalue weighted by Crippen LogP contribution is 2.33. The van der Waals surface area contributed by atoms with Crippen LogP contribution in [0.4, 0.5) is 5.69 Å². The van der Waals surface area contributed by atoms with E-state index in [9.17, 15) is 19.8 Å². The molecule has 2 aromatic carbocycles. The van der Waals surface area contributed by atoms with Gasteiger partial charge in [0.25, 0.3) is 5.91 Å². The van der Waals surface area contributed by atoms with Crippen LogP contribution >= 0.6 is 0 Å². The number of carbonyl (C=O) groups is 2. The van der Waals surface area contributed by atoms with Crippen molar-refractivity contribution < 1.29 is 19.8 Å². The Kier molecular flexibility index (Phi) is 10.1. The van der Waals surface area contributed by atoms with E-state index in [1.807, 2.05) is 76.2 Å². The van der Waals surface area contributed by atoms with Gasteiger partial charge in [0.1, 0.15) is 11.4 Å². The normalized spacial score (nSPS) is 18.4. The fraction of sp³-hybridized carbons (Fsp3) is 0.385. The van der Waals surface area contributed by atoms with Crippen molar-refractivity contribution in [1.82, 2.24) is 19.8 Å². The van der Waals surface area contributed by atoms with Gasteiger partial charge < -0.3 is 15.5 Å². The van der Waals surface area contributed by atoms with Gasteiger partial charge in [-0.3, -0.25) is 29.4 Å². The fourth-order valence-electron chi connectivity index (χ4n) is 6.85. The first-order chi connectivity index (χ1) is 23.0. The van der Waals surface area contributed by atoms with Crippen LogP contribution in [0.3, 0.4) is 0 Å². The average molecular weight is 648 g/mol. The van der Waals surface area contributed by atoms with E-state index in [-0.39, 0.29) is 30.3 Å². The Balaban J connectivity index is 1.14. The minimum atomic E-state index is -0.275. The molecule has 0 unspecified atom stereocenters. The fourth-order valence-corrected chi connectivity index (χ4v) is 6.85. The molecule has 2 aliphatic rings. The molecule has 2 aliphatic heterocycles. The number of pyridine rings is 2. The summed E-state index contributed by atoms with van der Waals surface area (Å²) in [6.07, 6.45) is 4.83. The predicted octanol–water partition coefficient (Wildman–Crippen LogP) is 5.19. The molecule has 6 rings (SSSR count). The number of hydrogen-bond acceptors (Lipinski definition) is 8. The predicted molar refractivity (Wildman–Crippen MR) is 187 cm³/mol. The molecule has 2 aromatic heterocycles. The molecule has 250 valence electrons. The van der Waals surface area contributed by atoms with Gasteiger partial charge in [-0.05, 0) is 109 Å². The van der Waals surface area contributed by atoms with Crippen LogP contribution in [0.1, 0.15) is 72.8 Å². The molecule has 2 saturated heterocycles. The number of anilines is 1. The lowest BCUT2D eigenvalue weighted by Crippen LogP contribution is -2.22. The molecule has 0 aliphatic carbocycles. The Morgan fingerprint density at radius 2 is 1.29 bits per heavy atom. The summed E-state index contributed by atoms with van der Waals surface area (Å²) in [5.74, 6) is -0.310. The zero-order valence-corrected chi connectivity index (χ0v) is 28.3. The number of aromatic nitrogens is 2. The highest BCUT2D eigenvalue weighted by Gasteiger charge is 2.23. The van der Waals surface area contributed by atoms with Crippen LogP contribution in [0.25, 0.3) is 11.1 Å². The summed E-state index contributed by atoms with van der Waals surface area (Å²) in [6.45, 7) is 12.5. The lowest BCUT2D eigenvalue weighted by Gasteiger charge is -2.18. The molecule has 9 heteroatoms. The highest BCUT2D eigenvalue weighted by atomic mass is 16.3. The van der Waals surface area contributed by atoms with Gasteiger partial charge in [0, 0.05) is 63.8 Å². The Hall–Kier alpha value is -4.28. The quantitative estimate of drug-likeness (QED) is 0.202. The van der Waals surface area contributed by atoms with Crippen molar-refractivity contribution >= 4 is 17.4 Å². The van der Waals surface area contributed by atoms with Gasteiger partial charge in [-0.25, -0.2) is 0 Å². The zero-order valence-electron chi connectivity index (χ0n) is 28.3. The van der Waals surface area contributed by atoms with Gasteiger partial charge in [-0.1, -0.05) is 30.3 Å². The number of ketones is 1. The lowest BCUT2D eigenvalue weighted by molar-refractivity contribution is 0.0986. The third-order valence-corrected chi connectivity index (χ3v) is 9.91. The number of rotatable bonds is 10. The van der Waals surface area contributed by atoms with Crippen LogP contribution < -0.4 is 5.32 Å². The van der Waals surface area contributed by atoms with Crippen LogP contribution in [-0.4, -0.2) is 80.1 Å². The Morgan fingerprint density at radius 3 is 1.85 bits per heavy atom. The van der Waals surface area contributed by atoms with Gasteiger partial charge in [0.05, 0.1) is 12.2 Å². The highest BCUT2D eigenvalue weighted by molar-refractivity contribution is 6.04. The second kappa shape index (κ2) is 14.5. The minimum absolute atomic E-state index is 0.0361. The first-order valence-electron chi connectivity index (χ1n) is 16.8. The first kappa shape index (κ1) is 33.6. The number of β-amino-alcohol motifs (C(OH)–C–C–N with tert-alkyl or cyclic N) is 2. The number of nitrogens with zero attached hydrogens (tertiary/aromatic N) is 4. The molecule has 9 nitrogen and oxygen atoms in total. The van der Waals surface area contributed by atoms with Gasteiger partial charge >= 0.3 is 0 Å². The van der Waals surface area contributed by atoms with Crippen molar-refractivity contribution in [3.63, 3.8) is 0 Å². The SMILES string of the molecule is Cc1cc(C(=O)Cc2cccc(-c3cccc(NC(=O)c4cc(C)c(CN5CC[C@@H](O)C5)cn4)c3C)c2C)ncc1CN1CC[C@@H](O)C1. The van der Waals surface area contributed by atoms with Crippen molar-refractivity contribution in [2.45, 2.75) is 72.3 Å². The summed E-state index contributed by atoms with van der Waals surface area (Å²) >= 11 is 0. The van der Waals surface area contributed by atoms with Gasteiger partial charge in [-0.15, -0.1) is 0 Å². The summed E-state index contributed by atoms with van der Waals surface area (Å²) in [7, 11) is 0. The van der Waals surface area contributed by atoms with E-state index >= 15 is 0 Å². The second-order valence-electron chi connectivity index (χ2n) is 13.5. The Bertz CT molecular complexity index is 1710. The van der Waals surface area contributed by atoms with E-state index in [4.69, 9.17) is 0 Å². The number of benzene rings is 2. The molecule has 0 radical (unpaired) electrons. The molecule has 3 N–H and O–H groups in total. The molecule has 2 atom stereocenters. The van der Waals surface area contributed by atoms with E-state index in [0.717, 1.165) is 82.5 Å². The Morgan fingerprint density at radius 1 is 0.750 bits per heavy atom. The van der Waals surface area contributed by atoms with Crippen LogP contribution in [0.5, 0.6) is 0 Å². The maximum atomic E-state index is 13.4. The van der Waals surface area contributed by atoms with Crippen molar-refractivity contribution in [2.75, 3.05) is 31.5 Å². The molecule has 4 heterocycles. The number of carbonyl (C=O) groups excluding carboxylic acids is 2. The molecule has 0 saturated carbocycles. The van der Waals surface area contributed by atoms with E-state index in [1.165, 1.54) is 0 Å². The minimum Gasteiger partial charge on any atom is -0.392 e. The largest absolute Gasteiger partial charge is 0.392 e. The van der Waals surface area contributed by atoms with E-state index < -0.39 is 0 Å². The van der Waals surface area contributed by atoms with Crippen LogP contribution in [0.2, 0.25) is 0 Å². The van der Waals surface area contributed by atoms with Crippen LogP contribution in [0.15, 0.2) is 60.9 Å². The zero-order chi connectivity index (χ0) is 33.9. The molecule has 0 spiro atoms. The molecular formula is C39H45N5O4. The number of likely N-dealkylation sites (tertiary alicyclic amines) is 2. The maximum absolute atomic E-state index is 13.4. The molecule has 1 amide bonds. The number of aryl methyl sites for hydroxylation is 2. The standard InChI is InChI=1S/C39H45N5O4/c1-24-15-36(40-18-29(24)20-43-13-11-31(45)22-43)38(47)17-28-7-5-8-33(26(28)3)34-9-6-10-35(27(34)4)42-39(48)37-16-25(2)30(19-41-37)21-44-14-12-32(46)23-44/h5-10,15-16,18-19,31-32,45-46H,11-14,17,20-23H2,1-4H3,(H,42,48)/t31-,32-/m1/s1. The summed E-state index contributed by atoms with van der Waals surface area (Å²) in [4.78, 5) is 40.1. The summed E-state index contributed by atoms with van der Waals surface area (Å²) in [5, 5.41) is 22.8. The number of aliphatic hydroxyl groups is 2. The van der Waals surface area contributed by atoms with Crippen LogP contribution in [-0.2, 0) is 19.5 Å². The molecule has 48 heavy (non-hydrogen) atoms. The average Bonchev–Trinajstić information content (AvgIpc) is 3.67. The lowest BCUT2D eigenvalue weighted by atomic mass is 9.91.